The first kappa shape index (κ1) is 15.6. The van der Waals surface area contributed by atoms with Crippen molar-refractivity contribution in [2.24, 2.45) is 5.41 Å². The number of alkyl halides is 1. The van der Waals surface area contributed by atoms with Gasteiger partial charge in [0, 0.05) is 12.1 Å². The largest absolute Gasteiger partial charge is 0.323 e. The molecule has 0 aliphatic carbocycles. The molecule has 0 bridgehead atoms. The lowest BCUT2D eigenvalue weighted by Gasteiger charge is -2.30. The van der Waals surface area contributed by atoms with Crippen LogP contribution in [0.1, 0.15) is 51.9 Å². The van der Waals surface area contributed by atoms with Gasteiger partial charge in [0.15, 0.2) is 0 Å². The van der Waals surface area contributed by atoms with Gasteiger partial charge in [0.2, 0.25) is 0 Å². The Morgan fingerprint density at radius 2 is 1.85 bits per heavy atom. The first-order valence-corrected chi connectivity index (χ1v) is 7.45. The third-order valence-corrected chi connectivity index (χ3v) is 4.24. The van der Waals surface area contributed by atoms with E-state index in [1.807, 2.05) is 11.5 Å². The van der Waals surface area contributed by atoms with Gasteiger partial charge in [0.1, 0.15) is 11.6 Å². The Morgan fingerprint density at radius 1 is 1.25 bits per heavy atom. The van der Waals surface area contributed by atoms with Crippen molar-refractivity contribution in [2.45, 2.75) is 46.0 Å². The molecular weight excluding hydrogens is 298 g/mol. The number of hydrogen-bond acceptors (Lipinski definition) is 1. The molecule has 2 unspecified atom stereocenters. The Balaban J connectivity index is 2.78. The minimum absolute atomic E-state index is 0.00424. The van der Waals surface area contributed by atoms with Crippen LogP contribution in [0.15, 0.2) is 12.1 Å². The molecule has 2 aromatic rings. The Bertz CT molecular complexity index is 641. The highest BCUT2D eigenvalue weighted by Crippen LogP contribution is 2.37. The maximum absolute atomic E-state index is 13.8. The molecule has 110 valence electrons. The standard InChI is InChI=1S/C15H19Cl2FN2/c1-8(16)14-19-12-6-10(17)11(18)7-13(12)20(14)9(2)15(3,4)5/h6-9H,1-5H3. The number of imidazole rings is 1. The molecule has 0 N–H and O–H groups in total. The molecule has 0 radical (unpaired) electrons. The predicted octanol–water partition coefficient (Wildman–Crippen LogP) is 5.74. The van der Waals surface area contributed by atoms with Crippen LogP contribution in [-0.4, -0.2) is 9.55 Å². The van der Waals surface area contributed by atoms with Crippen LogP contribution < -0.4 is 0 Å². The third kappa shape index (κ3) is 2.66. The molecule has 1 aromatic heterocycles. The summed E-state index contributed by atoms with van der Waals surface area (Å²) in [5.74, 6) is 0.306. The van der Waals surface area contributed by atoms with E-state index < -0.39 is 5.82 Å². The fourth-order valence-electron chi connectivity index (χ4n) is 2.18. The lowest BCUT2D eigenvalue weighted by molar-refractivity contribution is 0.262. The summed E-state index contributed by atoms with van der Waals surface area (Å²) >= 11 is 12.1. The minimum atomic E-state index is -0.435. The quantitative estimate of drug-likeness (QED) is 0.646. The summed E-state index contributed by atoms with van der Waals surface area (Å²) in [5, 5.41) is -0.173. The lowest BCUT2D eigenvalue weighted by atomic mass is 9.87. The average Bonchev–Trinajstić information content (AvgIpc) is 2.66. The molecule has 5 heteroatoms. The van der Waals surface area contributed by atoms with Gasteiger partial charge in [-0.2, -0.15) is 0 Å². The van der Waals surface area contributed by atoms with Crippen LogP contribution in [0.4, 0.5) is 4.39 Å². The second-order valence-corrected chi connectivity index (χ2v) is 7.31. The maximum Gasteiger partial charge on any atom is 0.144 e. The zero-order chi connectivity index (χ0) is 15.2. The molecule has 2 atom stereocenters. The molecule has 0 amide bonds. The van der Waals surface area contributed by atoms with Crippen molar-refractivity contribution < 1.29 is 4.39 Å². The van der Waals surface area contributed by atoms with Gasteiger partial charge in [-0.05, 0) is 25.3 Å². The van der Waals surface area contributed by atoms with Crippen LogP contribution in [0.2, 0.25) is 5.02 Å². The van der Waals surface area contributed by atoms with E-state index in [2.05, 4.69) is 32.7 Å². The Morgan fingerprint density at radius 3 is 2.35 bits per heavy atom. The van der Waals surface area contributed by atoms with Crippen molar-refractivity contribution in [1.82, 2.24) is 9.55 Å². The van der Waals surface area contributed by atoms with Crippen molar-refractivity contribution in [3.63, 3.8) is 0 Å². The summed E-state index contributed by atoms with van der Waals surface area (Å²) in [7, 11) is 0. The predicted molar refractivity (Wildman–Crippen MR) is 83.1 cm³/mol. The van der Waals surface area contributed by atoms with Crippen LogP contribution in [-0.2, 0) is 0 Å². The lowest BCUT2D eigenvalue weighted by Crippen LogP contribution is -2.23. The average molecular weight is 317 g/mol. The minimum Gasteiger partial charge on any atom is -0.323 e. The third-order valence-electron chi connectivity index (χ3n) is 3.76. The van der Waals surface area contributed by atoms with E-state index in [9.17, 15) is 4.39 Å². The summed E-state index contributed by atoms with van der Waals surface area (Å²) < 4.78 is 15.8. The monoisotopic (exact) mass is 316 g/mol. The number of hydrogen-bond donors (Lipinski definition) is 0. The van der Waals surface area contributed by atoms with Gasteiger partial charge in [0.05, 0.1) is 21.4 Å². The first-order chi connectivity index (χ1) is 9.12. The molecule has 0 fully saturated rings. The van der Waals surface area contributed by atoms with Gasteiger partial charge in [-0.15, -0.1) is 11.6 Å². The van der Waals surface area contributed by atoms with E-state index >= 15 is 0 Å². The normalized spacial score (nSPS) is 15.6. The van der Waals surface area contributed by atoms with Gasteiger partial charge in [-0.3, -0.25) is 0 Å². The van der Waals surface area contributed by atoms with Crippen molar-refractivity contribution in [2.75, 3.05) is 0 Å². The summed E-state index contributed by atoms with van der Waals surface area (Å²) in [6.45, 7) is 10.4. The van der Waals surface area contributed by atoms with E-state index in [1.54, 1.807) is 6.07 Å². The van der Waals surface area contributed by atoms with Crippen LogP contribution in [0.5, 0.6) is 0 Å². The van der Waals surface area contributed by atoms with Crippen molar-refractivity contribution in [3.05, 3.63) is 28.8 Å². The Labute approximate surface area is 128 Å². The Hall–Kier alpha value is -0.800. The zero-order valence-electron chi connectivity index (χ0n) is 12.3. The molecule has 1 heterocycles. The molecule has 0 aliphatic heterocycles. The molecule has 0 spiro atoms. The summed E-state index contributed by atoms with van der Waals surface area (Å²) in [5.41, 5.74) is 1.41. The van der Waals surface area contributed by atoms with Gasteiger partial charge in [-0.25, -0.2) is 9.37 Å². The maximum atomic E-state index is 13.8. The number of nitrogens with zero attached hydrogens (tertiary/aromatic N) is 2. The van der Waals surface area contributed by atoms with E-state index in [-0.39, 0.29) is 21.9 Å². The SMILES string of the molecule is CC(Cl)c1nc2cc(Cl)c(F)cc2n1C(C)C(C)(C)C. The smallest absolute Gasteiger partial charge is 0.144 e. The van der Waals surface area contributed by atoms with Gasteiger partial charge < -0.3 is 4.57 Å². The van der Waals surface area contributed by atoms with Gasteiger partial charge in [-0.1, -0.05) is 32.4 Å². The van der Waals surface area contributed by atoms with Gasteiger partial charge in [0.25, 0.3) is 0 Å². The van der Waals surface area contributed by atoms with Crippen LogP contribution >= 0.6 is 23.2 Å². The molecule has 2 rings (SSSR count). The van der Waals surface area contributed by atoms with Gasteiger partial charge >= 0.3 is 0 Å². The highest BCUT2D eigenvalue weighted by molar-refractivity contribution is 6.31. The molecule has 20 heavy (non-hydrogen) atoms. The fourth-order valence-corrected chi connectivity index (χ4v) is 2.50. The zero-order valence-corrected chi connectivity index (χ0v) is 13.8. The second kappa shape index (κ2) is 5.19. The highest BCUT2D eigenvalue weighted by Gasteiger charge is 2.27. The number of rotatable bonds is 2. The van der Waals surface area contributed by atoms with Crippen molar-refractivity contribution >= 4 is 34.2 Å². The highest BCUT2D eigenvalue weighted by atomic mass is 35.5. The number of fused-ring (bicyclic) bond motifs is 1. The molecular formula is C15H19Cl2FN2. The van der Waals surface area contributed by atoms with Crippen LogP contribution in [0, 0.1) is 11.2 Å². The topological polar surface area (TPSA) is 17.8 Å². The van der Waals surface area contributed by atoms with Crippen LogP contribution in [0.3, 0.4) is 0 Å². The van der Waals surface area contributed by atoms with Crippen LogP contribution in [0.25, 0.3) is 11.0 Å². The van der Waals surface area contributed by atoms with E-state index in [1.165, 1.54) is 6.07 Å². The van der Waals surface area contributed by atoms with E-state index in [0.29, 0.717) is 5.52 Å². The summed E-state index contributed by atoms with van der Waals surface area (Å²) in [4.78, 5) is 4.53. The van der Waals surface area contributed by atoms with E-state index in [4.69, 9.17) is 23.2 Å². The molecule has 1 aromatic carbocycles. The summed E-state index contributed by atoms with van der Waals surface area (Å²) in [6.07, 6.45) is 0. The molecule has 0 aliphatic rings. The van der Waals surface area contributed by atoms with E-state index in [0.717, 1.165) is 11.3 Å². The first-order valence-electron chi connectivity index (χ1n) is 6.64. The Kier molecular flexibility index (Phi) is 4.05. The number of aromatic nitrogens is 2. The number of benzene rings is 1. The summed E-state index contributed by atoms with van der Waals surface area (Å²) in [6, 6.07) is 3.13. The number of halogens is 3. The molecule has 0 saturated carbocycles. The second-order valence-electron chi connectivity index (χ2n) is 6.25. The fraction of sp³-hybridized carbons (Fsp3) is 0.533. The van der Waals surface area contributed by atoms with Crippen molar-refractivity contribution in [1.29, 1.82) is 0 Å². The molecule has 2 nitrogen and oxygen atoms in total. The molecule has 0 saturated heterocycles. The van der Waals surface area contributed by atoms with Crippen molar-refractivity contribution in [3.8, 4) is 0 Å².